The molecule has 1 atom stereocenters. The van der Waals surface area contributed by atoms with Crippen molar-refractivity contribution < 1.29 is 12.6 Å². The zero-order valence-electron chi connectivity index (χ0n) is 10.7. The van der Waals surface area contributed by atoms with E-state index in [-0.39, 0.29) is 4.90 Å². The van der Waals surface area contributed by atoms with E-state index in [0.717, 1.165) is 5.56 Å². The molecule has 0 aliphatic carbocycles. The molecular weight excluding hydrogens is 260 g/mol. The van der Waals surface area contributed by atoms with Crippen LogP contribution < -0.4 is 0 Å². The molecule has 0 heterocycles. The molecule has 100 valence electrons. The molecule has 0 saturated heterocycles. The Balaban J connectivity index is 2.24. The summed E-state index contributed by atoms with van der Waals surface area (Å²) in [5, 5.41) is 0. The average Bonchev–Trinajstić information content (AvgIpc) is 2.47. The topological polar surface area (TPSA) is 43.4 Å². The van der Waals surface area contributed by atoms with E-state index >= 15 is 0 Å². The lowest BCUT2D eigenvalue weighted by molar-refractivity contribution is 0.209. The van der Waals surface area contributed by atoms with Gasteiger partial charge in [0.05, 0.1) is 4.90 Å². The minimum absolute atomic E-state index is 0.185. The molecule has 0 aliphatic rings. The summed E-state index contributed by atoms with van der Waals surface area (Å²) in [5.41, 5.74) is 0.865. The lowest BCUT2D eigenvalue weighted by Crippen LogP contribution is -2.11. The Morgan fingerprint density at radius 3 is 2.00 bits per heavy atom. The van der Waals surface area contributed by atoms with Crippen molar-refractivity contribution in [3.63, 3.8) is 0 Å². The summed E-state index contributed by atoms with van der Waals surface area (Å²) in [7, 11) is -3.72. The molecule has 2 aromatic rings. The zero-order chi connectivity index (χ0) is 13.7. The van der Waals surface area contributed by atoms with Gasteiger partial charge in [-0.1, -0.05) is 55.5 Å². The van der Waals surface area contributed by atoms with Crippen LogP contribution >= 0.6 is 0 Å². The Bertz CT molecular complexity index is 606. The van der Waals surface area contributed by atoms with E-state index in [1.54, 1.807) is 18.2 Å². The van der Waals surface area contributed by atoms with Crippen LogP contribution in [0.15, 0.2) is 65.6 Å². The molecule has 0 aliphatic heterocycles. The molecule has 0 spiro atoms. The smallest absolute Gasteiger partial charge is 0.258 e. The summed E-state index contributed by atoms with van der Waals surface area (Å²) >= 11 is 0. The minimum Gasteiger partial charge on any atom is -0.258 e. The Morgan fingerprint density at radius 2 is 1.47 bits per heavy atom. The molecule has 0 bridgehead atoms. The van der Waals surface area contributed by atoms with E-state index in [4.69, 9.17) is 4.18 Å². The van der Waals surface area contributed by atoms with Gasteiger partial charge in [0.1, 0.15) is 6.10 Å². The van der Waals surface area contributed by atoms with E-state index in [0.29, 0.717) is 6.42 Å². The van der Waals surface area contributed by atoms with Gasteiger partial charge in [-0.25, -0.2) is 0 Å². The van der Waals surface area contributed by atoms with Gasteiger partial charge in [-0.15, -0.1) is 0 Å². The van der Waals surface area contributed by atoms with Crippen molar-refractivity contribution in [2.45, 2.75) is 24.3 Å². The molecule has 1 unspecified atom stereocenters. The molecule has 4 heteroatoms. The first-order valence-corrected chi connectivity index (χ1v) is 7.57. The van der Waals surface area contributed by atoms with Crippen molar-refractivity contribution in [1.29, 1.82) is 0 Å². The van der Waals surface area contributed by atoms with Gasteiger partial charge < -0.3 is 0 Å². The highest BCUT2D eigenvalue weighted by Crippen LogP contribution is 2.26. The first-order valence-electron chi connectivity index (χ1n) is 6.17. The normalized spacial score (nSPS) is 13.1. The number of hydrogen-bond donors (Lipinski definition) is 0. The summed E-state index contributed by atoms with van der Waals surface area (Å²) in [6.45, 7) is 1.90. The molecule has 0 aromatic heterocycles. The van der Waals surface area contributed by atoms with E-state index in [1.165, 1.54) is 12.1 Å². The van der Waals surface area contributed by atoms with Crippen molar-refractivity contribution in [3.8, 4) is 0 Å². The van der Waals surface area contributed by atoms with Gasteiger partial charge >= 0.3 is 0 Å². The summed E-state index contributed by atoms with van der Waals surface area (Å²) in [6.07, 6.45) is 0.141. The van der Waals surface area contributed by atoms with Crippen molar-refractivity contribution >= 4 is 10.1 Å². The van der Waals surface area contributed by atoms with Crippen LogP contribution in [0.2, 0.25) is 0 Å². The average molecular weight is 276 g/mol. The fraction of sp³-hybridized carbons (Fsp3) is 0.200. The second-order valence-corrected chi connectivity index (χ2v) is 5.74. The maximum absolute atomic E-state index is 12.2. The summed E-state index contributed by atoms with van der Waals surface area (Å²) in [6, 6.07) is 17.6. The molecule has 2 rings (SSSR count). The van der Waals surface area contributed by atoms with Crippen LogP contribution in [-0.4, -0.2) is 8.42 Å². The van der Waals surface area contributed by atoms with Gasteiger partial charge in [0, 0.05) is 0 Å². The Labute approximate surface area is 114 Å². The second-order valence-electron chi connectivity index (χ2n) is 4.17. The number of benzene rings is 2. The maximum Gasteiger partial charge on any atom is 0.297 e. The fourth-order valence-corrected chi connectivity index (χ4v) is 2.98. The van der Waals surface area contributed by atoms with E-state index in [9.17, 15) is 8.42 Å². The summed E-state index contributed by atoms with van der Waals surface area (Å²) in [4.78, 5) is 0.185. The largest absolute Gasteiger partial charge is 0.297 e. The molecule has 2 aromatic carbocycles. The first kappa shape index (κ1) is 13.8. The summed E-state index contributed by atoms with van der Waals surface area (Å²) < 4.78 is 29.6. The van der Waals surface area contributed by atoms with Crippen LogP contribution in [-0.2, 0) is 14.3 Å². The van der Waals surface area contributed by atoms with Crippen LogP contribution in [0, 0.1) is 0 Å². The van der Waals surface area contributed by atoms with Gasteiger partial charge in [0.25, 0.3) is 10.1 Å². The van der Waals surface area contributed by atoms with Gasteiger partial charge in [0.2, 0.25) is 0 Å². The van der Waals surface area contributed by atoms with Crippen molar-refractivity contribution in [3.05, 3.63) is 66.2 Å². The molecule has 0 saturated carbocycles. The number of hydrogen-bond acceptors (Lipinski definition) is 3. The predicted octanol–water partition coefficient (Wildman–Crippen LogP) is 3.54. The van der Waals surface area contributed by atoms with Crippen LogP contribution in [0.5, 0.6) is 0 Å². The van der Waals surface area contributed by atoms with Gasteiger partial charge in [-0.3, -0.25) is 4.18 Å². The standard InChI is InChI=1S/C15H16O3S/c1-2-15(13-9-5-3-6-10-13)18-19(16,17)14-11-7-4-8-12-14/h3-12,15H,2H2,1H3. The van der Waals surface area contributed by atoms with E-state index in [1.807, 2.05) is 37.3 Å². The molecule has 0 radical (unpaired) electrons. The van der Waals surface area contributed by atoms with Crippen LogP contribution in [0.3, 0.4) is 0 Å². The third-order valence-electron chi connectivity index (χ3n) is 2.82. The highest BCUT2D eigenvalue weighted by Gasteiger charge is 2.21. The zero-order valence-corrected chi connectivity index (χ0v) is 11.5. The maximum atomic E-state index is 12.2. The number of rotatable bonds is 5. The molecule has 0 fully saturated rings. The third kappa shape index (κ3) is 3.43. The lowest BCUT2D eigenvalue weighted by atomic mass is 10.1. The van der Waals surface area contributed by atoms with Crippen LogP contribution in [0.25, 0.3) is 0 Å². The van der Waals surface area contributed by atoms with Crippen molar-refractivity contribution in [1.82, 2.24) is 0 Å². The SMILES string of the molecule is CCC(OS(=O)(=O)c1ccccc1)c1ccccc1. The first-order chi connectivity index (χ1) is 9.13. The molecule has 3 nitrogen and oxygen atoms in total. The van der Waals surface area contributed by atoms with E-state index in [2.05, 4.69) is 0 Å². The van der Waals surface area contributed by atoms with Gasteiger partial charge in [-0.2, -0.15) is 8.42 Å². The molecule has 19 heavy (non-hydrogen) atoms. The van der Waals surface area contributed by atoms with Gasteiger partial charge in [0.15, 0.2) is 0 Å². The highest BCUT2D eigenvalue weighted by molar-refractivity contribution is 7.86. The summed E-state index contributed by atoms with van der Waals surface area (Å²) in [5.74, 6) is 0. The lowest BCUT2D eigenvalue weighted by Gasteiger charge is -2.16. The highest BCUT2D eigenvalue weighted by atomic mass is 32.2. The van der Waals surface area contributed by atoms with Crippen LogP contribution in [0.1, 0.15) is 25.0 Å². The predicted molar refractivity (Wildman–Crippen MR) is 74.2 cm³/mol. The molecule has 0 N–H and O–H groups in total. The van der Waals surface area contributed by atoms with E-state index < -0.39 is 16.2 Å². The molecular formula is C15H16O3S. The Hall–Kier alpha value is -1.65. The fourth-order valence-electron chi connectivity index (χ4n) is 1.82. The molecule has 0 amide bonds. The van der Waals surface area contributed by atoms with Crippen molar-refractivity contribution in [2.24, 2.45) is 0 Å². The third-order valence-corrected chi connectivity index (χ3v) is 4.15. The van der Waals surface area contributed by atoms with Crippen LogP contribution in [0.4, 0.5) is 0 Å². The second kappa shape index (κ2) is 5.99. The van der Waals surface area contributed by atoms with Gasteiger partial charge in [-0.05, 0) is 24.1 Å². The minimum atomic E-state index is -3.72. The Kier molecular flexibility index (Phi) is 4.35. The Morgan fingerprint density at radius 1 is 0.947 bits per heavy atom. The monoisotopic (exact) mass is 276 g/mol. The quantitative estimate of drug-likeness (QED) is 0.784. The van der Waals surface area contributed by atoms with Crippen molar-refractivity contribution in [2.75, 3.05) is 0 Å².